The van der Waals surface area contributed by atoms with Gasteiger partial charge in [0.15, 0.2) is 0 Å². The Hall–Kier alpha value is -5.23. The van der Waals surface area contributed by atoms with Gasteiger partial charge in [-0.2, -0.15) is 0 Å². The molecule has 0 unspecified atom stereocenters. The number of aliphatic hydroxyl groups is 1. The van der Waals surface area contributed by atoms with E-state index in [4.69, 9.17) is 4.74 Å². The summed E-state index contributed by atoms with van der Waals surface area (Å²) >= 11 is 0. The second kappa shape index (κ2) is 17.3. The number of nitrogens with one attached hydrogen (secondary N) is 5. The molecule has 0 radical (unpaired) electrons. The third-order valence-electron chi connectivity index (χ3n) is 8.21. The molecule has 260 valence electrons. The van der Waals surface area contributed by atoms with Crippen LogP contribution in [0, 0.1) is 5.92 Å². The van der Waals surface area contributed by atoms with Gasteiger partial charge in [-0.3, -0.25) is 24.0 Å². The highest BCUT2D eigenvalue weighted by atomic mass is 16.5. The van der Waals surface area contributed by atoms with Crippen LogP contribution in [0.1, 0.15) is 49.2 Å². The second-order valence-electron chi connectivity index (χ2n) is 12.6. The van der Waals surface area contributed by atoms with E-state index in [0.29, 0.717) is 23.3 Å². The molecule has 49 heavy (non-hydrogen) atoms. The van der Waals surface area contributed by atoms with Crippen LogP contribution in [0.3, 0.4) is 0 Å². The van der Waals surface area contributed by atoms with Gasteiger partial charge in [0, 0.05) is 12.0 Å². The molecule has 3 aromatic carbocycles. The fourth-order valence-corrected chi connectivity index (χ4v) is 5.38. The number of hydrogen-bond donors (Lipinski definition) is 6. The Balaban J connectivity index is 1.66. The van der Waals surface area contributed by atoms with Crippen molar-refractivity contribution < 1.29 is 33.8 Å². The van der Waals surface area contributed by atoms with Crippen LogP contribution >= 0.6 is 0 Å². The van der Waals surface area contributed by atoms with E-state index < -0.39 is 65.8 Å². The lowest BCUT2D eigenvalue weighted by Crippen LogP contribution is -2.61. The van der Waals surface area contributed by atoms with Gasteiger partial charge >= 0.3 is 0 Å². The summed E-state index contributed by atoms with van der Waals surface area (Å²) in [5.41, 5.74) is 2.05. The van der Waals surface area contributed by atoms with Crippen molar-refractivity contribution in [2.45, 2.75) is 76.8 Å². The van der Waals surface area contributed by atoms with Crippen LogP contribution in [0.2, 0.25) is 0 Å². The zero-order chi connectivity index (χ0) is 35.5. The van der Waals surface area contributed by atoms with Crippen LogP contribution < -0.4 is 31.3 Å². The predicted molar refractivity (Wildman–Crippen MR) is 183 cm³/mol. The number of amides is 5. The van der Waals surface area contributed by atoms with E-state index in [2.05, 4.69) is 26.6 Å². The summed E-state index contributed by atoms with van der Waals surface area (Å²) in [6, 6.07) is 20.0. The van der Waals surface area contributed by atoms with Crippen molar-refractivity contribution >= 4 is 29.5 Å². The molecule has 5 amide bonds. The highest BCUT2D eigenvalue weighted by molar-refractivity contribution is 5.99. The Morgan fingerprint density at radius 2 is 1.37 bits per heavy atom. The average Bonchev–Trinajstić information content (AvgIpc) is 3.08. The number of carbonyl (C=O) groups is 5. The average molecular weight is 672 g/mol. The van der Waals surface area contributed by atoms with Crippen molar-refractivity contribution in [3.63, 3.8) is 0 Å². The minimum absolute atomic E-state index is 0.0982. The molecule has 6 N–H and O–H groups in total. The van der Waals surface area contributed by atoms with Gasteiger partial charge in [-0.15, -0.1) is 0 Å². The normalized spacial score (nSPS) is 23.3. The molecular formula is C37H45N5O7. The smallest absolute Gasteiger partial charge is 0.251 e. The highest BCUT2D eigenvalue weighted by Gasteiger charge is 2.34. The van der Waals surface area contributed by atoms with Crippen molar-refractivity contribution in [3.05, 3.63) is 102 Å². The number of rotatable bonds is 6. The summed E-state index contributed by atoms with van der Waals surface area (Å²) in [4.78, 5) is 66.9. The van der Waals surface area contributed by atoms with Gasteiger partial charge in [0.25, 0.3) is 5.91 Å². The zero-order valence-corrected chi connectivity index (χ0v) is 28.1. The van der Waals surface area contributed by atoms with Gasteiger partial charge in [-0.1, -0.05) is 74.5 Å². The highest BCUT2D eigenvalue weighted by Crippen LogP contribution is 2.16. The van der Waals surface area contributed by atoms with Gasteiger partial charge in [-0.25, -0.2) is 0 Å². The summed E-state index contributed by atoms with van der Waals surface area (Å²) in [5, 5.41) is 24.1. The largest absolute Gasteiger partial charge is 0.491 e. The number of benzene rings is 3. The van der Waals surface area contributed by atoms with Crippen LogP contribution in [0.25, 0.3) is 0 Å². The summed E-state index contributed by atoms with van der Waals surface area (Å²) in [5.74, 6) is -2.87. The second-order valence-corrected chi connectivity index (χ2v) is 12.6. The summed E-state index contributed by atoms with van der Waals surface area (Å²) < 4.78 is 6.10. The molecule has 2 bridgehead atoms. The van der Waals surface area contributed by atoms with Crippen molar-refractivity contribution in [1.82, 2.24) is 26.6 Å². The first kappa shape index (κ1) is 36.6. The maximum atomic E-state index is 13.6. The maximum absolute atomic E-state index is 13.6. The monoisotopic (exact) mass is 671 g/mol. The molecule has 2 aliphatic heterocycles. The molecule has 0 aliphatic carbocycles. The van der Waals surface area contributed by atoms with Crippen LogP contribution in [0.4, 0.5) is 0 Å². The first-order chi connectivity index (χ1) is 23.4. The molecule has 0 saturated carbocycles. The standard InChI is InChI=1S/C37H45N5O7/c1-22(2)31-36(47)39-28(19-25-11-7-5-8-12-25)21-49-29-17-15-26(16-18-29)20-30(40-34(45)27-13-9-6-10-14-27)35(46)38-23(3)33(44)42-32(24(4)43)37(48)41-31/h5-18,22-24,28,30-32,43H,19-21H2,1-4H3,(H,38,46)(H,39,47)(H,40,45)(H,41,48)(H,42,44)/t23-,24-,28+,30+,31-,32+/m1/s1. The van der Waals surface area contributed by atoms with Crippen LogP contribution in [0.5, 0.6) is 5.75 Å². The lowest BCUT2D eigenvalue weighted by Gasteiger charge is -2.29. The van der Waals surface area contributed by atoms with E-state index in [1.165, 1.54) is 13.8 Å². The van der Waals surface area contributed by atoms with Gasteiger partial charge < -0.3 is 36.4 Å². The summed E-state index contributed by atoms with van der Waals surface area (Å²) in [7, 11) is 0. The van der Waals surface area contributed by atoms with Gasteiger partial charge in [0.2, 0.25) is 23.6 Å². The Labute approximate surface area is 286 Å². The molecule has 12 heteroatoms. The van der Waals surface area contributed by atoms with Gasteiger partial charge in [0.1, 0.15) is 36.5 Å². The third-order valence-corrected chi connectivity index (χ3v) is 8.21. The van der Waals surface area contributed by atoms with E-state index in [1.807, 2.05) is 30.3 Å². The van der Waals surface area contributed by atoms with Crippen LogP contribution in [-0.2, 0) is 32.0 Å². The number of carbonyl (C=O) groups excluding carboxylic acids is 5. The maximum Gasteiger partial charge on any atom is 0.251 e. The van der Waals surface area contributed by atoms with Crippen molar-refractivity contribution in [3.8, 4) is 5.75 Å². The van der Waals surface area contributed by atoms with E-state index >= 15 is 0 Å². The minimum Gasteiger partial charge on any atom is -0.491 e. The van der Waals surface area contributed by atoms with Crippen molar-refractivity contribution in [2.24, 2.45) is 5.92 Å². The molecule has 12 nitrogen and oxygen atoms in total. The van der Waals surface area contributed by atoms with E-state index in [9.17, 15) is 29.1 Å². The Bertz CT molecular complexity index is 1580. The topological polar surface area (TPSA) is 175 Å². The quantitative estimate of drug-likeness (QED) is 0.216. The molecular weight excluding hydrogens is 626 g/mol. The SMILES string of the molecule is CC(C)[C@H]1NC(=O)[C@H]([C@@H](C)O)NC(=O)[C@@H](C)NC(=O)[C@@H](NC(=O)c2ccccc2)Cc2ccc(cc2)OC[C@H](Cc2ccccc2)NC1=O. The molecule has 0 fully saturated rings. The van der Waals surface area contributed by atoms with E-state index in [1.54, 1.807) is 68.4 Å². The number of ether oxygens (including phenoxy) is 1. The number of hydrogen-bond acceptors (Lipinski definition) is 7. The Kier molecular flexibility index (Phi) is 12.9. The molecule has 0 saturated heterocycles. The molecule has 0 spiro atoms. The lowest BCUT2D eigenvalue weighted by atomic mass is 10.0. The first-order valence-corrected chi connectivity index (χ1v) is 16.4. The van der Waals surface area contributed by atoms with Crippen molar-refractivity contribution in [1.29, 1.82) is 0 Å². The lowest BCUT2D eigenvalue weighted by molar-refractivity contribution is -0.136. The molecule has 2 heterocycles. The van der Waals surface area contributed by atoms with E-state index in [0.717, 1.165) is 5.56 Å². The van der Waals surface area contributed by atoms with Gasteiger partial charge in [0.05, 0.1) is 12.1 Å². The molecule has 6 atom stereocenters. The minimum atomic E-state index is -1.43. The number of aliphatic hydroxyl groups excluding tert-OH is 1. The first-order valence-electron chi connectivity index (χ1n) is 16.4. The summed E-state index contributed by atoms with van der Waals surface area (Å²) in [6.07, 6.45) is -0.785. The molecule has 0 aromatic heterocycles. The van der Waals surface area contributed by atoms with E-state index in [-0.39, 0.29) is 18.9 Å². The fraction of sp³-hybridized carbons (Fsp3) is 0.378. The molecule has 3 aromatic rings. The fourth-order valence-electron chi connectivity index (χ4n) is 5.38. The third kappa shape index (κ3) is 10.6. The Morgan fingerprint density at radius 3 is 1.98 bits per heavy atom. The molecule has 5 rings (SSSR count). The van der Waals surface area contributed by atoms with Gasteiger partial charge in [-0.05, 0) is 61.6 Å². The van der Waals surface area contributed by atoms with Crippen molar-refractivity contribution in [2.75, 3.05) is 6.61 Å². The summed E-state index contributed by atoms with van der Waals surface area (Å²) in [6.45, 7) is 6.42. The Morgan fingerprint density at radius 1 is 0.776 bits per heavy atom. The van der Waals surface area contributed by atoms with Crippen LogP contribution in [-0.4, -0.2) is 77.6 Å². The number of fused-ring (bicyclic) bond motifs is 17. The molecule has 2 aliphatic rings. The predicted octanol–water partition coefficient (Wildman–Crippen LogP) is 1.66. The van der Waals surface area contributed by atoms with Crippen LogP contribution in [0.15, 0.2) is 84.9 Å². The zero-order valence-electron chi connectivity index (χ0n) is 28.1.